The topological polar surface area (TPSA) is 74.7 Å². The summed E-state index contributed by atoms with van der Waals surface area (Å²) in [6, 6.07) is -0.703. The fourth-order valence-electron chi connectivity index (χ4n) is 2.25. The van der Waals surface area contributed by atoms with Gasteiger partial charge in [-0.15, -0.1) is 0 Å². The number of carbonyl (C=O) groups is 1. The van der Waals surface area contributed by atoms with Crippen molar-refractivity contribution >= 4 is 15.8 Å². The van der Waals surface area contributed by atoms with Crippen molar-refractivity contribution in [2.45, 2.75) is 44.7 Å². The van der Waals surface area contributed by atoms with Gasteiger partial charge < -0.3 is 5.11 Å². The first kappa shape index (κ1) is 14.4. The predicted octanol–water partition coefficient (Wildman–Crippen LogP) is 0.749. The lowest BCUT2D eigenvalue weighted by Gasteiger charge is -2.29. The molecule has 0 bridgehead atoms. The Kier molecular flexibility index (Phi) is 4.94. The maximum absolute atomic E-state index is 11.4. The van der Waals surface area contributed by atoms with Crippen molar-refractivity contribution in [2.24, 2.45) is 0 Å². The van der Waals surface area contributed by atoms with Gasteiger partial charge in [0.05, 0.1) is 11.5 Å². The fraction of sp³-hybridized carbons (Fsp3) is 0.909. The van der Waals surface area contributed by atoms with Crippen molar-refractivity contribution in [3.63, 3.8) is 0 Å². The molecule has 0 aromatic heterocycles. The van der Waals surface area contributed by atoms with Crippen LogP contribution in [0.1, 0.15) is 32.6 Å². The molecule has 1 heterocycles. The number of rotatable bonds is 6. The summed E-state index contributed by atoms with van der Waals surface area (Å²) in [4.78, 5) is 12.9. The van der Waals surface area contributed by atoms with E-state index in [-0.39, 0.29) is 17.5 Å². The van der Waals surface area contributed by atoms with Crippen molar-refractivity contribution in [3.05, 3.63) is 0 Å². The van der Waals surface area contributed by atoms with E-state index in [2.05, 4.69) is 0 Å². The van der Waals surface area contributed by atoms with Crippen molar-refractivity contribution < 1.29 is 18.3 Å². The lowest BCUT2D eigenvalue weighted by Crippen LogP contribution is -2.45. The zero-order valence-electron chi connectivity index (χ0n) is 10.4. The van der Waals surface area contributed by atoms with Gasteiger partial charge in [0.25, 0.3) is 0 Å². The van der Waals surface area contributed by atoms with Crippen LogP contribution in [0, 0.1) is 0 Å². The van der Waals surface area contributed by atoms with E-state index < -0.39 is 21.8 Å². The number of aliphatic carboxylic acids is 1. The smallest absolute Gasteiger partial charge is 0.320 e. The number of likely N-dealkylation sites (N-methyl/N-ethyl adjacent to an activating group) is 1. The minimum atomic E-state index is -2.95. The van der Waals surface area contributed by atoms with Crippen LogP contribution < -0.4 is 0 Å². The van der Waals surface area contributed by atoms with Gasteiger partial charge >= 0.3 is 5.97 Å². The molecule has 6 heteroatoms. The molecule has 1 aliphatic heterocycles. The van der Waals surface area contributed by atoms with Crippen LogP contribution in [0.25, 0.3) is 0 Å². The van der Waals surface area contributed by atoms with Crippen LogP contribution >= 0.6 is 0 Å². The van der Waals surface area contributed by atoms with E-state index >= 15 is 0 Å². The van der Waals surface area contributed by atoms with Gasteiger partial charge in [-0.1, -0.05) is 19.8 Å². The first-order valence-corrected chi connectivity index (χ1v) is 7.84. The minimum absolute atomic E-state index is 0.0966. The van der Waals surface area contributed by atoms with Gasteiger partial charge in [-0.3, -0.25) is 9.69 Å². The molecule has 0 aromatic carbocycles. The second-order valence-electron chi connectivity index (χ2n) is 4.72. The van der Waals surface area contributed by atoms with Crippen LogP contribution in [0.5, 0.6) is 0 Å². The molecule has 1 saturated heterocycles. The summed E-state index contributed by atoms with van der Waals surface area (Å²) in [6.07, 6.45) is 2.93. The highest BCUT2D eigenvalue weighted by Crippen LogP contribution is 2.20. The standard InChI is InChI=1S/C11H21NO4S/c1-3-4-5-10(11(13)14)12(2)9-6-7-17(15,16)8-9/h9-10H,3-8H2,1-2H3,(H,13,14). The molecule has 0 radical (unpaired) electrons. The summed E-state index contributed by atoms with van der Waals surface area (Å²) in [5, 5.41) is 9.17. The lowest BCUT2D eigenvalue weighted by atomic mass is 10.1. The summed E-state index contributed by atoms with van der Waals surface area (Å²) in [7, 11) is -1.23. The quantitative estimate of drug-likeness (QED) is 0.765. The summed E-state index contributed by atoms with van der Waals surface area (Å²) in [5.74, 6) is -0.577. The van der Waals surface area contributed by atoms with Gasteiger partial charge in [-0.2, -0.15) is 0 Å². The van der Waals surface area contributed by atoms with Gasteiger partial charge in [0, 0.05) is 6.04 Å². The Morgan fingerprint density at radius 3 is 2.59 bits per heavy atom. The van der Waals surface area contributed by atoms with Crippen LogP contribution in [0.2, 0.25) is 0 Å². The Bertz CT molecular complexity index is 366. The van der Waals surface area contributed by atoms with Gasteiger partial charge in [0.15, 0.2) is 9.84 Å². The SMILES string of the molecule is CCCCC(C(=O)O)N(C)C1CCS(=O)(=O)C1. The van der Waals surface area contributed by atoms with Crippen LogP contribution in [-0.2, 0) is 14.6 Å². The number of hydrogen-bond acceptors (Lipinski definition) is 4. The number of carboxylic acids is 1. The Morgan fingerprint density at radius 1 is 1.53 bits per heavy atom. The molecule has 1 rings (SSSR count). The van der Waals surface area contributed by atoms with E-state index in [1.54, 1.807) is 11.9 Å². The second kappa shape index (κ2) is 5.82. The molecule has 0 aliphatic carbocycles. The normalized spacial score (nSPS) is 25.0. The van der Waals surface area contributed by atoms with E-state index in [1.807, 2.05) is 6.92 Å². The molecule has 0 spiro atoms. The van der Waals surface area contributed by atoms with E-state index in [9.17, 15) is 13.2 Å². The van der Waals surface area contributed by atoms with E-state index in [4.69, 9.17) is 5.11 Å². The highest BCUT2D eigenvalue weighted by molar-refractivity contribution is 7.91. The van der Waals surface area contributed by atoms with Crippen LogP contribution in [0.4, 0.5) is 0 Å². The third-order valence-corrected chi connectivity index (χ3v) is 5.14. The summed E-state index contributed by atoms with van der Waals surface area (Å²) in [6.45, 7) is 2.01. The number of unbranched alkanes of at least 4 members (excludes halogenated alkanes) is 1. The highest BCUT2D eigenvalue weighted by Gasteiger charge is 2.35. The molecule has 1 N–H and O–H groups in total. The van der Waals surface area contributed by atoms with Gasteiger partial charge in [-0.25, -0.2) is 8.42 Å². The molecule has 2 unspecified atom stereocenters. The van der Waals surface area contributed by atoms with E-state index in [0.29, 0.717) is 12.8 Å². The molecule has 100 valence electrons. The van der Waals surface area contributed by atoms with Gasteiger partial charge in [-0.05, 0) is 19.9 Å². The molecule has 17 heavy (non-hydrogen) atoms. The van der Waals surface area contributed by atoms with Crippen LogP contribution in [0.3, 0.4) is 0 Å². The average molecular weight is 263 g/mol. The van der Waals surface area contributed by atoms with E-state index in [1.165, 1.54) is 0 Å². The summed E-state index contributed by atoms with van der Waals surface area (Å²) in [5.41, 5.74) is 0. The fourth-order valence-corrected chi connectivity index (χ4v) is 4.04. The number of hydrogen-bond donors (Lipinski definition) is 1. The van der Waals surface area contributed by atoms with Crippen molar-refractivity contribution in [1.29, 1.82) is 0 Å². The van der Waals surface area contributed by atoms with Gasteiger partial charge in [0.1, 0.15) is 6.04 Å². The molecule has 5 nitrogen and oxygen atoms in total. The molecular formula is C11H21NO4S. The Balaban J connectivity index is 2.65. The minimum Gasteiger partial charge on any atom is -0.480 e. The Hall–Kier alpha value is -0.620. The number of sulfone groups is 1. The maximum atomic E-state index is 11.4. The predicted molar refractivity (Wildman–Crippen MR) is 65.8 cm³/mol. The molecule has 0 saturated carbocycles. The van der Waals surface area contributed by atoms with Crippen molar-refractivity contribution in [2.75, 3.05) is 18.6 Å². The van der Waals surface area contributed by atoms with Crippen LogP contribution in [0.15, 0.2) is 0 Å². The number of nitrogens with zero attached hydrogens (tertiary/aromatic N) is 1. The molecule has 0 aromatic rings. The first-order valence-electron chi connectivity index (χ1n) is 6.02. The summed E-state index contributed by atoms with van der Waals surface area (Å²) >= 11 is 0. The van der Waals surface area contributed by atoms with Crippen molar-refractivity contribution in [3.8, 4) is 0 Å². The van der Waals surface area contributed by atoms with Gasteiger partial charge in [0.2, 0.25) is 0 Å². The van der Waals surface area contributed by atoms with Crippen molar-refractivity contribution in [1.82, 2.24) is 4.90 Å². The molecule has 1 fully saturated rings. The number of carboxylic acid groups (broad SMARTS) is 1. The largest absolute Gasteiger partial charge is 0.480 e. The first-order chi connectivity index (χ1) is 7.87. The Morgan fingerprint density at radius 2 is 2.18 bits per heavy atom. The zero-order chi connectivity index (χ0) is 13.1. The third-order valence-electron chi connectivity index (χ3n) is 3.39. The summed E-state index contributed by atoms with van der Waals surface area (Å²) < 4.78 is 22.8. The lowest BCUT2D eigenvalue weighted by molar-refractivity contribution is -0.143. The van der Waals surface area contributed by atoms with Crippen LogP contribution in [-0.4, -0.2) is 55.0 Å². The molecule has 2 atom stereocenters. The monoisotopic (exact) mass is 263 g/mol. The third kappa shape index (κ3) is 3.96. The average Bonchev–Trinajstić information content (AvgIpc) is 2.58. The molecule has 0 amide bonds. The van der Waals surface area contributed by atoms with E-state index in [0.717, 1.165) is 12.8 Å². The molecular weight excluding hydrogens is 242 g/mol. The Labute approximate surface area is 103 Å². The zero-order valence-corrected chi connectivity index (χ0v) is 11.2. The molecule has 1 aliphatic rings. The second-order valence-corrected chi connectivity index (χ2v) is 6.95. The maximum Gasteiger partial charge on any atom is 0.320 e. The highest BCUT2D eigenvalue weighted by atomic mass is 32.2.